The standard InChI is InChI=1S/C12H17NO4/c13-5-1-2-8-3-4-10-12(17-8)6-9(16-10)11(14)15-7-12/h8-11,14H,1-4,6-7H2/t8?,9-,10+,11?,12-/m1/s1. The zero-order valence-corrected chi connectivity index (χ0v) is 9.67. The molecule has 3 rings (SSSR count). The Morgan fingerprint density at radius 3 is 3.12 bits per heavy atom. The van der Waals surface area contributed by atoms with E-state index < -0.39 is 6.29 Å². The summed E-state index contributed by atoms with van der Waals surface area (Å²) >= 11 is 0. The molecule has 2 bridgehead atoms. The molecule has 3 fully saturated rings. The van der Waals surface area contributed by atoms with Crippen molar-refractivity contribution in [1.29, 1.82) is 5.26 Å². The number of rotatable bonds is 2. The van der Waals surface area contributed by atoms with Gasteiger partial charge in [0.15, 0.2) is 6.29 Å². The molecule has 3 aliphatic rings. The first-order chi connectivity index (χ1) is 8.23. The Kier molecular flexibility index (Phi) is 2.83. The maximum atomic E-state index is 9.60. The topological polar surface area (TPSA) is 71.7 Å². The van der Waals surface area contributed by atoms with Crippen LogP contribution in [0.3, 0.4) is 0 Å². The van der Waals surface area contributed by atoms with E-state index in [1.54, 1.807) is 0 Å². The summed E-state index contributed by atoms with van der Waals surface area (Å²) in [6.07, 6.45) is 2.99. The molecule has 0 aromatic rings. The van der Waals surface area contributed by atoms with E-state index in [0.29, 0.717) is 19.4 Å². The molecule has 5 atom stereocenters. The molecule has 0 radical (unpaired) electrons. The molecule has 0 saturated carbocycles. The van der Waals surface area contributed by atoms with Crippen LogP contribution in [-0.2, 0) is 14.2 Å². The van der Waals surface area contributed by atoms with E-state index in [9.17, 15) is 5.11 Å². The number of nitrogens with zero attached hydrogens (tertiary/aromatic N) is 1. The van der Waals surface area contributed by atoms with Gasteiger partial charge in [-0.3, -0.25) is 0 Å². The third-order valence-electron chi connectivity index (χ3n) is 4.02. The van der Waals surface area contributed by atoms with Crippen LogP contribution in [0.5, 0.6) is 0 Å². The van der Waals surface area contributed by atoms with Crippen molar-refractivity contribution < 1.29 is 19.3 Å². The van der Waals surface area contributed by atoms with Crippen molar-refractivity contribution in [3.63, 3.8) is 0 Å². The van der Waals surface area contributed by atoms with Gasteiger partial charge in [0.05, 0.1) is 24.9 Å². The summed E-state index contributed by atoms with van der Waals surface area (Å²) in [5.74, 6) is 0. The highest BCUT2D eigenvalue weighted by molar-refractivity contribution is 5.04. The van der Waals surface area contributed by atoms with Crippen LogP contribution in [-0.4, -0.2) is 41.9 Å². The smallest absolute Gasteiger partial charge is 0.181 e. The molecule has 3 aliphatic heterocycles. The third-order valence-corrected chi connectivity index (χ3v) is 4.02. The van der Waals surface area contributed by atoms with Gasteiger partial charge in [0.2, 0.25) is 0 Å². The van der Waals surface area contributed by atoms with Gasteiger partial charge >= 0.3 is 0 Å². The van der Waals surface area contributed by atoms with Gasteiger partial charge in [0.1, 0.15) is 11.7 Å². The number of nitriles is 1. The lowest BCUT2D eigenvalue weighted by Gasteiger charge is -2.42. The van der Waals surface area contributed by atoms with Crippen LogP contribution >= 0.6 is 0 Å². The lowest BCUT2D eigenvalue weighted by molar-refractivity contribution is -0.222. The monoisotopic (exact) mass is 239 g/mol. The largest absolute Gasteiger partial charge is 0.366 e. The first-order valence-corrected chi connectivity index (χ1v) is 6.23. The maximum absolute atomic E-state index is 9.60. The Hall–Kier alpha value is -0.670. The van der Waals surface area contributed by atoms with Crippen LogP contribution in [0.1, 0.15) is 32.1 Å². The van der Waals surface area contributed by atoms with Crippen molar-refractivity contribution in [2.75, 3.05) is 6.61 Å². The second-order valence-electron chi connectivity index (χ2n) is 5.15. The van der Waals surface area contributed by atoms with E-state index in [-0.39, 0.29) is 23.9 Å². The first-order valence-electron chi connectivity index (χ1n) is 6.23. The number of hydrogen-bond donors (Lipinski definition) is 1. The summed E-state index contributed by atoms with van der Waals surface area (Å²) in [5, 5.41) is 18.2. The van der Waals surface area contributed by atoms with Gasteiger partial charge in [0.25, 0.3) is 0 Å². The Morgan fingerprint density at radius 2 is 2.29 bits per heavy atom. The van der Waals surface area contributed by atoms with Gasteiger partial charge in [-0.2, -0.15) is 5.26 Å². The van der Waals surface area contributed by atoms with E-state index in [1.807, 2.05) is 0 Å². The first kappa shape index (κ1) is 11.4. The minimum atomic E-state index is -0.813. The Balaban J connectivity index is 1.70. The van der Waals surface area contributed by atoms with Gasteiger partial charge in [-0.1, -0.05) is 0 Å². The molecule has 0 amide bonds. The molecule has 17 heavy (non-hydrogen) atoms. The summed E-state index contributed by atoms with van der Waals surface area (Å²) in [6.45, 7) is 0.401. The molecule has 94 valence electrons. The summed E-state index contributed by atoms with van der Waals surface area (Å²) < 4.78 is 17.2. The number of ether oxygens (including phenoxy) is 3. The average Bonchev–Trinajstić information content (AvgIpc) is 2.66. The molecule has 2 unspecified atom stereocenters. The van der Waals surface area contributed by atoms with Gasteiger partial charge in [0, 0.05) is 12.8 Å². The molecular weight excluding hydrogens is 222 g/mol. The van der Waals surface area contributed by atoms with E-state index in [4.69, 9.17) is 19.5 Å². The minimum Gasteiger partial charge on any atom is -0.366 e. The summed E-state index contributed by atoms with van der Waals surface area (Å²) in [5.41, 5.74) is -0.373. The quantitative estimate of drug-likeness (QED) is 0.768. The van der Waals surface area contributed by atoms with E-state index >= 15 is 0 Å². The van der Waals surface area contributed by atoms with Crippen molar-refractivity contribution >= 4 is 0 Å². The number of aliphatic hydroxyl groups excluding tert-OH is 1. The minimum absolute atomic E-state index is 0.0444. The fraction of sp³-hybridized carbons (Fsp3) is 0.917. The summed E-state index contributed by atoms with van der Waals surface area (Å²) in [4.78, 5) is 0. The molecule has 3 saturated heterocycles. The van der Waals surface area contributed by atoms with Gasteiger partial charge in [-0.05, 0) is 19.3 Å². The van der Waals surface area contributed by atoms with Crippen molar-refractivity contribution in [2.45, 2.75) is 62.3 Å². The second kappa shape index (κ2) is 4.21. The highest BCUT2D eigenvalue weighted by Gasteiger charge is 2.58. The van der Waals surface area contributed by atoms with Crippen LogP contribution in [0.4, 0.5) is 0 Å². The fourth-order valence-electron chi connectivity index (χ4n) is 3.15. The molecule has 5 heteroatoms. The van der Waals surface area contributed by atoms with Gasteiger partial charge in [-0.25, -0.2) is 0 Å². The lowest BCUT2D eigenvalue weighted by atomic mass is 9.85. The third kappa shape index (κ3) is 1.85. The predicted octanol–water partition coefficient (Wildman–Crippen LogP) is 0.714. The molecule has 5 nitrogen and oxygen atoms in total. The highest BCUT2D eigenvalue weighted by atomic mass is 16.7. The fourth-order valence-corrected chi connectivity index (χ4v) is 3.15. The highest BCUT2D eigenvalue weighted by Crippen LogP contribution is 2.46. The van der Waals surface area contributed by atoms with Crippen molar-refractivity contribution in [3.05, 3.63) is 0 Å². The van der Waals surface area contributed by atoms with Crippen LogP contribution in [0.2, 0.25) is 0 Å². The average molecular weight is 239 g/mol. The van der Waals surface area contributed by atoms with Crippen LogP contribution in [0.15, 0.2) is 0 Å². The van der Waals surface area contributed by atoms with Gasteiger partial charge in [-0.15, -0.1) is 0 Å². The normalized spacial score (nSPS) is 48.5. The zero-order valence-electron chi connectivity index (χ0n) is 9.67. The van der Waals surface area contributed by atoms with Crippen LogP contribution in [0.25, 0.3) is 0 Å². The second-order valence-corrected chi connectivity index (χ2v) is 5.15. The summed E-state index contributed by atoms with van der Waals surface area (Å²) in [7, 11) is 0. The Bertz CT molecular complexity index is 342. The number of fused-ring (bicyclic) bond motifs is 1. The maximum Gasteiger partial charge on any atom is 0.181 e. The molecule has 1 N–H and O–H groups in total. The summed E-state index contributed by atoms with van der Waals surface area (Å²) in [6, 6.07) is 2.15. The lowest BCUT2D eigenvalue weighted by Crippen LogP contribution is -2.53. The molecule has 1 spiro atoms. The van der Waals surface area contributed by atoms with Crippen molar-refractivity contribution in [3.8, 4) is 6.07 Å². The molecular formula is C12H17NO4. The molecule has 0 aromatic heterocycles. The van der Waals surface area contributed by atoms with Gasteiger partial charge < -0.3 is 19.3 Å². The van der Waals surface area contributed by atoms with Crippen LogP contribution < -0.4 is 0 Å². The molecule has 3 heterocycles. The zero-order chi connectivity index (χ0) is 11.9. The predicted molar refractivity (Wildman–Crippen MR) is 56.9 cm³/mol. The van der Waals surface area contributed by atoms with E-state index in [2.05, 4.69) is 6.07 Å². The SMILES string of the molecule is N#CCCC1CC[C@@H]2O[C@@H]3C[C@]2(COC3O)O1. The van der Waals surface area contributed by atoms with Crippen molar-refractivity contribution in [1.82, 2.24) is 0 Å². The van der Waals surface area contributed by atoms with E-state index in [0.717, 1.165) is 19.3 Å². The van der Waals surface area contributed by atoms with E-state index in [1.165, 1.54) is 0 Å². The Morgan fingerprint density at radius 1 is 1.41 bits per heavy atom. The molecule has 0 aromatic carbocycles. The van der Waals surface area contributed by atoms with Crippen LogP contribution in [0, 0.1) is 11.3 Å². The molecule has 0 aliphatic carbocycles. The number of aliphatic hydroxyl groups is 1. The number of hydrogen-bond acceptors (Lipinski definition) is 5. The van der Waals surface area contributed by atoms with Crippen molar-refractivity contribution in [2.24, 2.45) is 0 Å². The Labute approximate surface area is 100 Å².